The number of rotatable bonds is 5. The van der Waals surface area contributed by atoms with Crippen molar-refractivity contribution in [1.29, 1.82) is 0 Å². The van der Waals surface area contributed by atoms with Crippen molar-refractivity contribution < 1.29 is 19.1 Å². The molecule has 0 aromatic rings. The number of hydrogen-bond acceptors (Lipinski definition) is 5. The third kappa shape index (κ3) is 5.10. The van der Waals surface area contributed by atoms with Gasteiger partial charge in [0.25, 0.3) is 0 Å². The van der Waals surface area contributed by atoms with Crippen LogP contribution >= 0.6 is 0 Å². The van der Waals surface area contributed by atoms with Gasteiger partial charge in [0.2, 0.25) is 0 Å². The van der Waals surface area contributed by atoms with Crippen LogP contribution in [0, 0.1) is 0 Å². The molecule has 0 radical (unpaired) electrons. The van der Waals surface area contributed by atoms with Gasteiger partial charge >= 0.3 is 11.9 Å². The zero-order valence-electron chi connectivity index (χ0n) is 7.99. The molecule has 1 unspecified atom stereocenters. The molecule has 0 aliphatic carbocycles. The number of ether oxygens (including phenoxy) is 2. The van der Waals surface area contributed by atoms with Crippen LogP contribution in [0.2, 0.25) is 0 Å². The first-order valence-corrected chi connectivity index (χ1v) is 3.91. The lowest BCUT2D eigenvalue weighted by molar-refractivity contribution is -0.144. The molecule has 2 N–H and O–H groups in total. The first-order valence-electron chi connectivity index (χ1n) is 3.91. The molecule has 0 rings (SSSR count). The summed E-state index contributed by atoms with van der Waals surface area (Å²) >= 11 is 0. The molecule has 14 heavy (non-hydrogen) atoms. The Morgan fingerprint density at radius 3 is 2.57 bits per heavy atom. The monoisotopic (exact) mass is 199 g/mol. The van der Waals surface area contributed by atoms with Crippen molar-refractivity contribution in [1.82, 2.24) is 0 Å². The third-order valence-corrected chi connectivity index (χ3v) is 1.14. The quantitative estimate of drug-likeness (QED) is 0.386. The maximum Gasteiger partial charge on any atom is 0.338 e. The molecule has 0 amide bonds. The fourth-order valence-corrected chi connectivity index (χ4v) is 0.528. The molecule has 0 aromatic heterocycles. The molecular formula is C9H13NO4. The van der Waals surface area contributed by atoms with E-state index in [2.05, 4.69) is 22.6 Å². The topological polar surface area (TPSA) is 78.6 Å². The van der Waals surface area contributed by atoms with Crippen LogP contribution in [-0.2, 0) is 19.1 Å². The molecule has 0 heterocycles. The van der Waals surface area contributed by atoms with Crippen LogP contribution < -0.4 is 5.73 Å². The van der Waals surface area contributed by atoms with Crippen LogP contribution in [0.1, 0.15) is 6.92 Å². The second-order valence-corrected chi connectivity index (χ2v) is 2.53. The lowest BCUT2D eigenvalue weighted by Crippen LogP contribution is -2.25. The van der Waals surface area contributed by atoms with E-state index in [0.717, 1.165) is 6.08 Å². The van der Waals surface area contributed by atoms with Gasteiger partial charge < -0.3 is 9.47 Å². The van der Waals surface area contributed by atoms with Crippen LogP contribution in [0.5, 0.6) is 0 Å². The number of nitrogens with two attached hydrogens (primary N) is 1. The minimum absolute atomic E-state index is 0.0255. The summed E-state index contributed by atoms with van der Waals surface area (Å²) in [6, 6.07) is 0. The average molecular weight is 199 g/mol. The summed E-state index contributed by atoms with van der Waals surface area (Å²) in [7, 11) is 0. The Hall–Kier alpha value is -1.62. The van der Waals surface area contributed by atoms with Crippen LogP contribution in [0.3, 0.4) is 0 Å². The molecule has 0 aliphatic heterocycles. The molecule has 0 saturated carbocycles. The van der Waals surface area contributed by atoms with Crippen molar-refractivity contribution in [2.75, 3.05) is 6.61 Å². The zero-order chi connectivity index (χ0) is 11.1. The molecule has 0 aliphatic rings. The number of carbonyl (C=O) groups is 2. The molecule has 0 fully saturated rings. The Morgan fingerprint density at radius 1 is 1.57 bits per heavy atom. The highest BCUT2D eigenvalue weighted by Gasteiger charge is 2.11. The Labute approximate surface area is 82.2 Å². The van der Waals surface area contributed by atoms with E-state index in [9.17, 15) is 9.59 Å². The van der Waals surface area contributed by atoms with Gasteiger partial charge in [0.15, 0.2) is 0 Å². The van der Waals surface area contributed by atoms with Gasteiger partial charge in [0, 0.05) is 6.08 Å². The van der Waals surface area contributed by atoms with E-state index in [-0.39, 0.29) is 12.2 Å². The second-order valence-electron chi connectivity index (χ2n) is 2.53. The Kier molecular flexibility index (Phi) is 5.24. The second kappa shape index (κ2) is 5.93. The van der Waals surface area contributed by atoms with Crippen LogP contribution in [0.4, 0.5) is 0 Å². The largest absolute Gasteiger partial charge is 0.457 e. The summed E-state index contributed by atoms with van der Waals surface area (Å²) in [5.41, 5.74) is 5.23. The molecule has 5 nitrogen and oxygen atoms in total. The predicted octanol–water partition coefficient (Wildman–Crippen LogP) is 0.120. The normalized spacial score (nSPS) is 11.3. The number of esters is 2. The standard InChI is InChI=1S/C9H13NO4/c1-4-8(11)13-5-6(2)9(12)14-7(3)10/h4,7H,1-2,5,10H2,3H3. The maximum atomic E-state index is 11.0. The number of carbonyl (C=O) groups excluding carboxylic acids is 2. The van der Waals surface area contributed by atoms with E-state index in [4.69, 9.17) is 5.73 Å². The van der Waals surface area contributed by atoms with Gasteiger partial charge in [-0.2, -0.15) is 0 Å². The minimum atomic E-state index is -0.714. The molecule has 0 bridgehead atoms. The predicted molar refractivity (Wildman–Crippen MR) is 50.0 cm³/mol. The molecule has 0 saturated heterocycles. The molecule has 1 atom stereocenters. The highest BCUT2D eigenvalue weighted by Crippen LogP contribution is 1.97. The van der Waals surface area contributed by atoms with Crippen molar-refractivity contribution in [3.8, 4) is 0 Å². The molecule has 5 heteroatoms. The molecule has 78 valence electrons. The van der Waals surface area contributed by atoms with Gasteiger partial charge in [-0.15, -0.1) is 0 Å². The summed E-state index contributed by atoms with van der Waals surface area (Å²) in [5.74, 6) is -1.31. The third-order valence-electron chi connectivity index (χ3n) is 1.14. The Balaban J connectivity index is 3.90. The first kappa shape index (κ1) is 12.4. The summed E-state index contributed by atoms with van der Waals surface area (Å²) in [6.45, 7) is 7.84. The van der Waals surface area contributed by atoms with Gasteiger partial charge in [-0.3, -0.25) is 5.73 Å². The lowest BCUT2D eigenvalue weighted by atomic mass is 10.3. The zero-order valence-corrected chi connectivity index (χ0v) is 7.99. The highest BCUT2D eigenvalue weighted by molar-refractivity contribution is 5.89. The van der Waals surface area contributed by atoms with E-state index in [1.165, 1.54) is 6.92 Å². The van der Waals surface area contributed by atoms with Gasteiger partial charge in [-0.25, -0.2) is 9.59 Å². The van der Waals surface area contributed by atoms with Crippen molar-refractivity contribution in [2.45, 2.75) is 13.2 Å². The first-order chi connectivity index (χ1) is 6.47. The fourth-order valence-electron chi connectivity index (χ4n) is 0.528. The molecule has 0 spiro atoms. The van der Waals surface area contributed by atoms with Gasteiger partial charge in [0.1, 0.15) is 12.8 Å². The molecule has 0 aromatic carbocycles. The highest BCUT2D eigenvalue weighted by atomic mass is 16.6. The summed E-state index contributed by atoms with van der Waals surface area (Å²) in [5, 5.41) is 0. The van der Waals surface area contributed by atoms with Crippen molar-refractivity contribution in [2.24, 2.45) is 5.73 Å². The van der Waals surface area contributed by atoms with E-state index in [1.54, 1.807) is 0 Å². The van der Waals surface area contributed by atoms with Gasteiger partial charge in [0.05, 0.1) is 5.57 Å². The van der Waals surface area contributed by atoms with Crippen LogP contribution in [0.25, 0.3) is 0 Å². The van der Waals surface area contributed by atoms with Gasteiger partial charge in [-0.05, 0) is 6.92 Å². The summed E-state index contributed by atoms with van der Waals surface area (Å²) in [4.78, 5) is 21.6. The smallest absolute Gasteiger partial charge is 0.338 e. The minimum Gasteiger partial charge on any atom is -0.457 e. The van der Waals surface area contributed by atoms with Gasteiger partial charge in [-0.1, -0.05) is 13.2 Å². The van der Waals surface area contributed by atoms with E-state index in [1.807, 2.05) is 0 Å². The van der Waals surface area contributed by atoms with Crippen molar-refractivity contribution in [3.63, 3.8) is 0 Å². The van der Waals surface area contributed by atoms with Crippen LogP contribution in [-0.4, -0.2) is 24.8 Å². The Bertz CT molecular complexity index is 258. The van der Waals surface area contributed by atoms with E-state index in [0.29, 0.717) is 0 Å². The molecular weight excluding hydrogens is 186 g/mol. The Morgan fingerprint density at radius 2 is 2.14 bits per heavy atom. The maximum absolute atomic E-state index is 11.0. The average Bonchev–Trinajstić information content (AvgIpc) is 2.12. The van der Waals surface area contributed by atoms with Crippen LogP contribution in [0.15, 0.2) is 24.8 Å². The van der Waals surface area contributed by atoms with E-state index < -0.39 is 18.2 Å². The lowest BCUT2D eigenvalue weighted by Gasteiger charge is -2.09. The van der Waals surface area contributed by atoms with Crippen molar-refractivity contribution >= 4 is 11.9 Å². The SMILES string of the molecule is C=CC(=O)OCC(=C)C(=O)OC(C)N. The number of hydrogen-bond donors (Lipinski definition) is 1. The fraction of sp³-hybridized carbons (Fsp3) is 0.333. The summed E-state index contributed by atoms with van der Waals surface area (Å²) in [6.07, 6.45) is 0.277. The van der Waals surface area contributed by atoms with Crippen molar-refractivity contribution in [3.05, 3.63) is 24.8 Å². The van der Waals surface area contributed by atoms with E-state index >= 15 is 0 Å². The summed E-state index contributed by atoms with van der Waals surface area (Å²) < 4.78 is 9.16.